The summed E-state index contributed by atoms with van der Waals surface area (Å²) in [6.07, 6.45) is 2.13. The van der Waals surface area contributed by atoms with Crippen molar-refractivity contribution in [1.82, 2.24) is 10.9 Å². The Balaban J connectivity index is 3.82. The third-order valence-electron chi connectivity index (χ3n) is 1.43. The van der Waals surface area contributed by atoms with Gasteiger partial charge in [-0.2, -0.15) is 0 Å². The van der Waals surface area contributed by atoms with Crippen molar-refractivity contribution in [3.8, 4) is 0 Å². The largest absolute Gasteiger partial charge is 0.373 e. The predicted molar refractivity (Wildman–Crippen MR) is 47.0 cm³/mol. The molecule has 0 fully saturated rings. The molecule has 0 bridgehead atoms. The maximum absolute atomic E-state index is 5.38. The molecule has 0 heterocycles. The van der Waals surface area contributed by atoms with Gasteiger partial charge in [-0.25, -0.2) is 5.43 Å². The number of hydrogen-bond acceptors (Lipinski definition) is 3. The van der Waals surface area contributed by atoms with E-state index in [2.05, 4.69) is 10.9 Å². The molecule has 1 atom stereocenters. The molecule has 0 spiro atoms. The molecule has 0 aliphatic heterocycles. The molecular formula is C8H18N2O. The van der Waals surface area contributed by atoms with Crippen LogP contribution in [-0.4, -0.2) is 19.8 Å². The van der Waals surface area contributed by atoms with Crippen LogP contribution in [0, 0.1) is 0 Å². The van der Waals surface area contributed by atoms with Crippen LogP contribution >= 0.6 is 0 Å². The van der Waals surface area contributed by atoms with Gasteiger partial charge in [-0.05, 0) is 20.8 Å². The smallest absolute Gasteiger partial charge is 0.0951 e. The summed E-state index contributed by atoms with van der Waals surface area (Å²) in [5.74, 6) is 0. The van der Waals surface area contributed by atoms with Gasteiger partial charge in [0.2, 0.25) is 0 Å². The molecule has 0 aromatic carbocycles. The molecule has 0 amide bonds. The van der Waals surface area contributed by atoms with E-state index in [-0.39, 0.29) is 6.10 Å². The third kappa shape index (κ3) is 4.01. The van der Waals surface area contributed by atoms with Crippen molar-refractivity contribution in [3.05, 3.63) is 11.8 Å². The van der Waals surface area contributed by atoms with Crippen LogP contribution in [0.3, 0.4) is 0 Å². The first kappa shape index (κ1) is 10.5. The number of allylic oxidation sites excluding steroid dienone is 1. The highest BCUT2D eigenvalue weighted by Gasteiger charge is 2.04. The lowest BCUT2D eigenvalue weighted by molar-refractivity contribution is 0.0950. The number of hydrazine groups is 1. The van der Waals surface area contributed by atoms with Crippen LogP contribution in [0.1, 0.15) is 20.8 Å². The summed E-state index contributed by atoms with van der Waals surface area (Å²) < 4.78 is 5.38. The molecule has 66 valence electrons. The standard InChI is InChI=1S/C8H18N2O/c1-5-8(10-9-4)7(3)11-6-2/h5,7,9-10H,6H2,1-4H3/b8-5+. The lowest BCUT2D eigenvalue weighted by atomic mass is 10.3. The van der Waals surface area contributed by atoms with Crippen molar-refractivity contribution in [2.75, 3.05) is 13.7 Å². The van der Waals surface area contributed by atoms with Gasteiger partial charge in [0.25, 0.3) is 0 Å². The summed E-state index contributed by atoms with van der Waals surface area (Å²) in [5.41, 5.74) is 6.93. The molecule has 2 N–H and O–H groups in total. The van der Waals surface area contributed by atoms with Crippen molar-refractivity contribution >= 4 is 0 Å². The Kier molecular flexibility index (Phi) is 5.88. The van der Waals surface area contributed by atoms with Gasteiger partial charge in [-0.3, -0.25) is 0 Å². The molecule has 3 heteroatoms. The summed E-state index contributed by atoms with van der Waals surface area (Å²) in [6, 6.07) is 0. The van der Waals surface area contributed by atoms with Gasteiger partial charge in [0.15, 0.2) is 0 Å². The van der Waals surface area contributed by atoms with Crippen LogP contribution in [0.15, 0.2) is 11.8 Å². The van der Waals surface area contributed by atoms with Gasteiger partial charge in [-0.15, -0.1) is 0 Å². The molecule has 11 heavy (non-hydrogen) atoms. The van der Waals surface area contributed by atoms with Crippen molar-refractivity contribution in [3.63, 3.8) is 0 Å². The van der Waals surface area contributed by atoms with Crippen LogP contribution in [-0.2, 0) is 4.74 Å². The molecule has 0 saturated carbocycles. The quantitative estimate of drug-likeness (QED) is 0.586. The second-order valence-corrected chi connectivity index (χ2v) is 2.22. The minimum Gasteiger partial charge on any atom is -0.373 e. The van der Waals surface area contributed by atoms with Crippen LogP contribution in [0.5, 0.6) is 0 Å². The fourth-order valence-electron chi connectivity index (χ4n) is 0.893. The molecule has 0 aliphatic rings. The topological polar surface area (TPSA) is 33.3 Å². The normalized spacial score (nSPS) is 14.7. The molecule has 0 aliphatic carbocycles. The van der Waals surface area contributed by atoms with Crippen molar-refractivity contribution in [1.29, 1.82) is 0 Å². The van der Waals surface area contributed by atoms with E-state index in [4.69, 9.17) is 4.74 Å². The van der Waals surface area contributed by atoms with Gasteiger partial charge >= 0.3 is 0 Å². The van der Waals surface area contributed by atoms with E-state index in [1.165, 1.54) is 0 Å². The van der Waals surface area contributed by atoms with E-state index in [1.54, 1.807) is 0 Å². The van der Waals surface area contributed by atoms with Crippen LogP contribution < -0.4 is 10.9 Å². The Bertz CT molecular complexity index is 123. The van der Waals surface area contributed by atoms with Crippen LogP contribution in [0.25, 0.3) is 0 Å². The van der Waals surface area contributed by atoms with Crippen molar-refractivity contribution < 1.29 is 4.74 Å². The Hall–Kier alpha value is -0.540. The minimum absolute atomic E-state index is 0.137. The number of nitrogens with one attached hydrogen (secondary N) is 2. The zero-order valence-corrected chi connectivity index (χ0v) is 7.77. The van der Waals surface area contributed by atoms with E-state index >= 15 is 0 Å². The van der Waals surface area contributed by atoms with E-state index in [0.29, 0.717) is 0 Å². The molecule has 0 aromatic rings. The summed E-state index contributed by atoms with van der Waals surface area (Å²) in [5, 5.41) is 0. The van der Waals surface area contributed by atoms with E-state index in [0.717, 1.165) is 12.3 Å². The Morgan fingerprint density at radius 1 is 1.64 bits per heavy atom. The highest BCUT2D eigenvalue weighted by Crippen LogP contribution is 2.00. The Morgan fingerprint density at radius 2 is 2.27 bits per heavy atom. The van der Waals surface area contributed by atoms with E-state index in [9.17, 15) is 0 Å². The maximum Gasteiger partial charge on any atom is 0.0951 e. The Morgan fingerprint density at radius 3 is 2.64 bits per heavy atom. The summed E-state index contributed by atoms with van der Waals surface area (Å²) >= 11 is 0. The van der Waals surface area contributed by atoms with Crippen molar-refractivity contribution in [2.45, 2.75) is 26.9 Å². The molecule has 3 nitrogen and oxygen atoms in total. The second-order valence-electron chi connectivity index (χ2n) is 2.22. The van der Waals surface area contributed by atoms with Gasteiger partial charge in [0.05, 0.1) is 11.8 Å². The molecule has 0 rings (SSSR count). The van der Waals surface area contributed by atoms with Crippen LogP contribution in [0.4, 0.5) is 0 Å². The van der Waals surface area contributed by atoms with Crippen LogP contribution in [0.2, 0.25) is 0 Å². The fraction of sp³-hybridized carbons (Fsp3) is 0.750. The van der Waals surface area contributed by atoms with E-state index < -0.39 is 0 Å². The maximum atomic E-state index is 5.38. The first-order valence-electron chi connectivity index (χ1n) is 3.96. The highest BCUT2D eigenvalue weighted by atomic mass is 16.5. The number of ether oxygens (including phenoxy) is 1. The summed E-state index contributed by atoms with van der Waals surface area (Å²) in [4.78, 5) is 0. The fourth-order valence-corrected chi connectivity index (χ4v) is 0.893. The first-order chi connectivity index (χ1) is 5.26. The molecular weight excluding hydrogens is 140 g/mol. The average molecular weight is 158 g/mol. The predicted octanol–water partition coefficient (Wildman–Crippen LogP) is 1.04. The minimum atomic E-state index is 0.137. The molecule has 0 radical (unpaired) electrons. The number of hydrogen-bond donors (Lipinski definition) is 2. The summed E-state index contributed by atoms with van der Waals surface area (Å²) in [6.45, 7) is 6.73. The van der Waals surface area contributed by atoms with Gasteiger partial charge < -0.3 is 10.2 Å². The molecule has 0 saturated heterocycles. The first-order valence-corrected chi connectivity index (χ1v) is 3.96. The lowest BCUT2D eigenvalue weighted by Crippen LogP contribution is -2.32. The SMILES string of the molecule is C/C=C(/NNC)C(C)OCC. The van der Waals surface area contributed by atoms with E-state index in [1.807, 2.05) is 33.9 Å². The third-order valence-corrected chi connectivity index (χ3v) is 1.43. The lowest BCUT2D eigenvalue weighted by Gasteiger charge is -2.16. The molecule has 0 aromatic heterocycles. The van der Waals surface area contributed by atoms with Gasteiger partial charge in [-0.1, -0.05) is 6.08 Å². The zero-order valence-electron chi connectivity index (χ0n) is 7.77. The van der Waals surface area contributed by atoms with Gasteiger partial charge in [0.1, 0.15) is 0 Å². The summed E-state index contributed by atoms with van der Waals surface area (Å²) in [7, 11) is 1.84. The number of rotatable bonds is 5. The Labute approximate surface area is 68.8 Å². The van der Waals surface area contributed by atoms with Gasteiger partial charge in [0, 0.05) is 13.7 Å². The zero-order chi connectivity index (χ0) is 8.69. The monoisotopic (exact) mass is 158 g/mol. The highest BCUT2D eigenvalue weighted by molar-refractivity contribution is 5.01. The van der Waals surface area contributed by atoms with Crippen molar-refractivity contribution in [2.24, 2.45) is 0 Å². The average Bonchev–Trinajstić information content (AvgIpc) is 2.00. The molecule has 1 unspecified atom stereocenters. The second kappa shape index (κ2) is 6.19.